The van der Waals surface area contributed by atoms with Crippen LogP contribution in [0.4, 0.5) is 0 Å². The van der Waals surface area contributed by atoms with Crippen molar-refractivity contribution in [1.29, 1.82) is 0 Å². The summed E-state index contributed by atoms with van der Waals surface area (Å²) in [6.07, 6.45) is 0. The number of aromatic nitrogens is 1. The Labute approximate surface area is 164 Å². The number of hydrogen-bond donors (Lipinski definition) is 1. The molecule has 0 spiro atoms. The molecule has 140 valence electrons. The number of fused-ring (bicyclic) bond motifs is 1. The molecule has 0 bridgehead atoms. The Hall–Kier alpha value is -1.99. The summed E-state index contributed by atoms with van der Waals surface area (Å²) in [6.45, 7) is 3.25. The molecule has 1 saturated heterocycles. The van der Waals surface area contributed by atoms with E-state index in [9.17, 15) is 8.42 Å². The highest BCUT2D eigenvalue weighted by molar-refractivity contribution is 7.89. The van der Waals surface area contributed by atoms with Gasteiger partial charge in [-0.05, 0) is 24.3 Å². The molecule has 2 heterocycles. The van der Waals surface area contributed by atoms with Crippen LogP contribution in [0.1, 0.15) is 5.56 Å². The third-order valence-corrected chi connectivity index (χ3v) is 7.24. The number of piperazine rings is 1. The molecule has 1 fully saturated rings. The summed E-state index contributed by atoms with van der Waals surface area (Å²) >= 11 is 6.37. The topological polar surface area (TPSA) is 54.7 Å². The second-order valence-corrected chi connectivity index (χ2v) is 9.07. The molecule has 1 aromatic heterocycles. The number of pyridine rings is 1. The van der Waals surface area contributed by atoms with Crippen molar-refractivity contribution in [1.82, 2.24) is 9.29 Å². The van der Waals surface area contributed by atoms with Crippen LogP contribution < -0.4 is 4.90 Å². The van der Waals surface area contributed by atoms with E-state index >= 15 is 0 Å². The van der Waals surface area contributed by atoms with Crippen LogP contribution in [0.25, 0.3) is 10.9 Å². The zero-order chi connectivity index (χ0) is 18.9. The average Bonchev–Trinajstić information content (AvgIpc) is 2.70. The molecule has 27 heavy (non-hydrogen) atoms. The molecule has 0 radical (unpaired) electrons. The molecule has 0 unspecified atom stereocenters. The van der Waals surface area contributed by atoms with Gasteiger partial charge in [0.15, 0.2) is 0 Å². The van der Waals surface area contributed by atoms with Gasteiger partial charge in [-0.3, -0.25) is 0 Å². The molecule has 2 aromatic carbocycles. The van der Waals surface area contributed by atoms with Gasteiger partial charge < -0.3 is 4.90 Å². The van der Waals surface area contributed by atoms with Gasteiger partial charge in [0.1, 0.15) is 11.7 Å². The predicted molar refractivity (Wildman–Crippen MR) is 106 cm³/mol. The molecular formula is C20H21ClN3O2S+. The SMILES string of the molecule is O=S(=O)(c1ccccc1)N1CC[NH+](Cc2cc3ccccc3nc2Cl)CC1. The Morgan fingerprint density at radius 3 is 2.41 bits per heavy atom. The number of para-hydroxylation sites is 1. The lowest BCUT2D eigenvalue weighted by atomic mass is 10.1. The Morgan fingerprint density at radius 2 is 1.67 bits per heavy atom. The molecule has 1 N–H and O–H groups in total. The lowest BCUT2D eigenvalue weighted by molar-refractivity contribution is -0.917. The maximum atomic E-state index is 12.7. The number of halogens is 1. The summed E-state index contributed by atoms with van der Waals surface area (Å²) in [5.74, 6) is 0. The van der Waals surface area contributed by atoms with E-state index in [4.69, 9.17) is 11.6 Å². The van der Waals surface area contributed by atoms with Gasteiger partial charge in [0, 0.05) is 10.9 Å². The highest BCUT2D eigenvalue weighted by Gasteiger charge is 2.30. The summed E-state index contributed by atoms with van der Waals surface area (Å²) < 4.78 is 27.1. The minimum Gasteiger partial charge on any atom is -0.329 e. The van der Waals surface area contributed by atoms with E-state index < -0.39 is 10.0 Å². The number of benzene rings is 2. The van der Waals surface area contributed by atoms with Crippen LogP contribution in [-0.2, 0) is 16.6 Å². The van der Waals surface area contributed by atoms with Crippen LogP contribution in [0.3, 0.4) is 0 Å². The van der Waals surface area contributed by atoms with E-state index in [2.05, 4.69) is 11.1 Å². The molecule has 3 aromatic rings. The molecule has 5 nitrogen and oxygen atoms in total. The van der Waals surface area contributed by atoms with E-state index in [1.54, 1.807) is 28.6 Å². The van der Waals surface area contributed by atoms with Crippen LogP contribution >= 0.6 is 11.6 Å². The number of nitrogens with zero attached hydrogens (tertiary/aromatic N) is 2. The molecule has 1 aliphatic heterocycles. The smallest absolute Gasteiger partial charge is 0.243 e. The van der Waals surface area contributed by atoms with Gasteiger partial charge in [0.2, 0.25) is 10.0 Å². The van der Waals surface area contributed by atoms with Gasteiger partial charge in [0.05, 0.1) is 36.6 Å². The van der Waals surface area contributed by atoms with Gasteiger partial charge >= 0.3 is 0 Å². The zero-order valence-electron chi connectivity index (χ0n) is 14.8. The fraction of sp³-hybridized carbons (Fsp3) is 0.250. The van der Waals surface area contributed by atoms with Crippen molar-refractivity contribution in [3.8, 4) is 0 Å². The second kappa shape index (κ2) is 7.56. The first-order valence-corrected chi connectivity index (χ1v) is 10.8. The Balaban J connectivity index is 1.45. The van der Waals surface area contributed by atoms with Crippen molar-refractivity contribution in [2.45, 2.75) is 11.4 Å². The molecule has 0 atom stereocenters. The predicted octanol–water partition coefficient (Wildman–Crippen LogP) is 1.98. The minimum absolute atomic E-state index is 0.357. The maximum absolute atomic E-state index is 12.7. The first-order valence-electron chi connectivity index (χ1n) is 8.97. The Morgan fingerprint density at radius 1 is 1.00 bits per heavy atom. The van der Waals surface area contributed by atoms with E-state index in [0.717, 1.165) is 36.1 Å². The summed E-state index contributed by atoms with van der Waals surface area (Å²) in [6, 6.07) is 18.6. The van der Waals surface area contributed by atoms with Crippen LogP contribution in [0.15, 0.2) is 65.6 Å². The Bertz CT molecular complexity index is 1050. The molecule has 4 rings (SSSR count). The van der Waals surface area contributed by atoms with Crippen molar-refractivity contribution < 1.29 is 13.3 Å². The lowest BCUT2D eigenvalue weighted by Crippen LogP contribution is -3.13. The lowest BCUT2D eigenvalue weighted by Gasteiger charge is -2.31. The van der Waals surface area contributed by atoms with Gasteiger partial charge in [-0.1, -0.05) is 48.0 Å². The van der Waals surface area contributed by atoms with Gasteiger partial charge in [-0.25, -0.2) is 13.4 Å². The third-order valence-electron chi connectivity index (χ3n) is 5.00. The molecule has 1 aliphatic rings. The highest BCUT2D eigenvalue weighted by atomic mass is 35.5. The first kappa shape index (κ1) is 18.4. The van der Waals surface area contributed by atoms with E-state index in [0.29, 0.717) is 23.1 Å². The Kier molecular flexibility index (Phi) is 5.14. The van der Waals surface area contributed by atoms with Crippen LogP contribution in [0.2, 0.25) is 5.15 Å². The summed E-state index contributed by atoms with van der Waals surface area (Å²) in [5, 5.41) is 1.60. The largest absolute Gasteiger partial charge is 0.329 e. The number of rotatable bonds is 4. The van der Waals surface area contributed by atoms with Gasteiger partial charge in [-0.15, -0.1) is 0 Å². The normalized spacial score (nSPS) is 16.6. The van der Waals surface area contributed by atoms with E-state index in [1.165, 1.54) is 4.90 Å². The van der Waals surface area contributed by atoms with Crippen molar-refractivity contribution in [3.05, 3.63) is 71.4 Å². The molecule has 7 heteroatoms. The highest BCUT2D eigenvalue weighted by Crippen LogP contribution is 2.20. The fourth-order valence-corrected chi connectivity index (χ4v) is 5.17. The molecule has 0 saturated carbocycles. The number of nitrogens with one attached hydrogen (secondary N) is 1. The quantitative estimate of drug-likeness (QED) is 0.679. The summed E-state index contributed by atoms with van der Waals surface area (Å²) in [4.78, 5) is 6.15. The van der Waals surface area contributed by atoms with E-state index in [-0.39, 0.29) is 0 Å². The standard InChI is InChI=1S/C20H20ClN3O2S/c21-20-17(14-16-6-4-5-9-19(16)22-20)15-23-10-12-24(13-11-23)27(25,26)18-7-2-1-3-8-18/h1-9,14H,10-13,15H2/p+1. The van der Waals surface area contributed by atoms with E-state index in [1.807, 2.05) is 30.3 Å². The minimum atomic E-state index is -3.41. The van der Waals surface area contributed by atoms with Crippen LogP contribution in [-0.4, -0.2) is 43.9 Å². The molecule has 0 aliphatic carbocycles. The van der Waals surface area contributed by atoms with Crippen LogP contribution in [0, 0.1) is 0 Å². The molecule has 0 amide bonds. The monoisotopic (exact) mass is 402 g/mol. The van der Waals surface area contributed by atoms with Crippen molar-refractivity contribution >= 4 is 32.5 Å². The first-order chi connectivity index (χ1) is 13.0. The average molecular weight is 403 g/mol. The van der Waals surface area contributed by atoms with Crippen LogP contribution in [0.5, 0.6) is 0 Å². The summed E-state index contributed by atoms with van der Waals surface area (Å²) in [5.41, 5.74) is 1.89. The number of hydrogen-bond acceptors (Lipinski definition) is 3. The van der Waals surface area contributed by atoms with Crippen molar-refractivity contribution in [2.75, 3.05) is 26.2 Å². The molecular weight excluding hydrogens is 382 g/mol. The number of sulfonamides is 1. The van der Waals surface area contributed by atoms with Crippen molar-refractivity contribution in [3.63, 3.8) is 0 Å². The number of quaternary nitrogens is 1. The van der Waals surface area contributed by atoms with Gasteiger partial charge in [0.25, 0.3) is 0 Å². The third kappa shape index (κ3) is 3.84. The van der Waals surface area contributed by atoms with Crippen molar-refractivity contribution in [2.24, 2.45) is 0 Å². The maximum Gasteiger partial charge on any atom is 0.243 e. The second-order valence-electron chi connectivity index (χ2n) is 6.77. The van der Waals surface area contributed by atoms with Gasteiger partial charge in [-0.2, -0.15) is 4.31 Å². The zero-order valence-corrected chi connectivity index (χ0v) is 16.4. The summed E-state index contributed by atoms with van der Waals surface area (Å²) in [7, 11) is -3.41. The fourth-order valence-electron chi connectivity index (χ4n) is 3.49.